The van der Waals surface area contributed by atoms with Crippen molar-refractivity contribution in [2.75, 3.05) is 26.8 Å². The van der Waals surface area contributed by atoms with Crippen molar-refractivity contribution in [1.29, 1.82) is 0 Å². The van der Waals surface area contributed by atoms with Gasteiger partial charge in [-0.2, -0.15) is 0 Å². The molecule has 5 heteroatoms. The molecule has 114 valence electrons. The summed E-state index contributed by atoms with van der Waals surface area (Å²) in [6, 6.07) is 7.41. The Kier molecular flexibility index (Phi) is 7.01. The molecule has 0 saturated heterocycles. The zero-order valence-electron chi connectivity index (χ0n) is 12.7. The number of hydrogen-bond donors (Lipinski definition) is 0. The normalized spacial score (nSPS) is 10.4. The van der Waals surface area contributed by atoms with E-state index in [4.69, 9.17) is 9.47 Å². The predicted octanol–water partition coefficient (Wildman–Crippen LogP) is 2.12. The van der Waals surface area contributed by atoms with Gasteiger partial charge >= 0.3 is 5.97 Å². The van der Waals surface area contributed by atoms with Gasteiger partial charge in [-0.3, -0.25) is 9.59 Å². The zero-order valence-corrected chi connectivity index (χ0v) is 12.7. The van der Waals surface area contributed by atoms with Gasteiger partial charge < -0.3 is 14.4 Å². The van der Waals surface area contributed by atoms with Crippen molar-refractivity contribution in [1.82, 2.24) is 4.90 Å². The summed E-state index contributed by atoms with van der Waals surface area (Å²) >= 11 is 0. The lowest BCUT2D eigenvalue weighted by Crippen LogP contribution is -2.31. The Bertz CT molecular complexity index is 494. The third-order valence-electron chi connectivity index (χ3n) is 2.66. The van der Waals surface area contributed by atoms with Crippen LogP contribution in [0, 0.1) is 0 Å². The minimum atomic E-state index is -0.414. The molecule has 0 aliphatic heterocycles. The quantitative estimate of drug-likeness (QED) is 0.570. The molecular formula is C16H21NO4. The Morgan fingerprint density at radius 2 is 1.81 bits per heavy atom. The monoisotopic (exact) mass is 291 g/mol. The van der Waals surface area contributed by atoms with Crippen molar-refractivity contribution in [3.63, 3.8) is 0 Å². The van der Waals surface area contributed by atoms with Gasteiger partial charge in [0, 0.05) is 13.1 Å². The summed E-state index contributed by atoms with van der Waals surface area (Å²) in [5, 5.41) is 0. The molecule has 1 amide bonds. The number of esters is 1. The van der Waals surface area contributed by atoms with Gasteiger partial charge in [0.2, 0.25) is 5.91 Å². The molecule has 21 heavy (non-hydrogen) atoms. The SMILES string of the molecule is CCOC(=O)CN(C)C(=O)/C=C/c1ccc(OCC)cc1. The molecule has 0 aliphatic carbocycles. The third kappa shape index (κ3) is 6.12. The second kappa shape index (κ2) is 8.79. The van der Waals surface area contributed by atoms with E-state index in [1.54, 1.807) is 20.0 Å². The van der Waals surface area contributed by atoms with Gasteiger partial charge in [0.1, 0.15) is 12.3 Å². The molecular weight excluding hydrogens is 270 g/mol. The Morgan fingerprint density at radius 3 is 2.38 bits per heavy atom. The van der Waals surface area contributed by atoms with Crippen LogP contribution in [-0.4, -0.2) is 43.6 Å². The van der Waals surface area contributed by atoms with E-state index in [-0.39, 0.29) is 12.5 Å². The zero-order chi connectivity index (χ0) is 15.7. The van der Waals surface area contributed by atoms with Crippen molar-refractivity contribution in [2.45, 2.75) is 13.8 Å². The maximum atomic E-state index is 11.8. The van der Waals surface area contributed by atoms with Crippen molar-refractivity contribution in [3.8, 4) is 5.75 Å². The standard InChI is InChI=1S/C16H21NO4/c1-4-20-14-9-6-13(7-10-14)8-11-15(18)17(3)12-16(19)21-5-2/h6-11H,4-5,12H2,1-3H3/b11-8+. The smallest absolute Gasteiger partial charge is 0.325 e. The number of likely N-dealkylation sites (N-methyl/N-ethyl adjacent to an activating group) is 1. The summed E-state index contributed by atoms with van der Waals surface area (Å²) < 4.78 is 10.1. The fraction of sp³-hybridized carbons (Fsp3) is 0.375. The lowest BCUT2D eigenvalue weighted by Gasteiger charge is -2.13. The summed E-state index contributed by atoms with van der Waals surface area (Å²) in [5.41, 5.74) is 0.885. The number of carbonyl (C=O) groups is 2. The van der Waals surface area contributed by atoms with Crippen LogP contribution in [0.15, 0.2) is 30.3 Å². The molecule has 0 radical (unpaired) electrons. The summed E-state index contributed by atoms with van der Waals surface area (Å²) in [7, 11) is 1.56. The van der Waals surface area contributed by atoms with Crippen LogP contribution in [0.2, 0.25) is 0 Å². The average molecular weight is 291 g/mol. The molecule has 1 aromatic carbocycles. The topological polar surface area (TPSA) is 55.8 Å². The fourth-order valence-corrected chi connectivity index (χ4v) is 1.61. The molecule has 0 atom stereocenters. The van der Waals surface area contributed by atoms with Gasteiger partial charge in [-0.1, -0.05) is 12.1 Å². The predicted molar refractivity (Wildman–Crippen MR) is 80.9 cm³/mol. The highest BCUT2D eigenvalue weighted by Gasteiger charge is 2.10. The number of hydrogen-bond acceptors (Lipinski definition) is 4. The summed E-state index contributed by atoms with van der Waals surface area (Å²) in [5.74, 6) is 0.125. The van der Waals surface area contributed by atoms with Crippen LogP contribution in [0.25, 0.3) is 6.08 Å². The van der Waals surface area contributed by atoms with Crippen LogP contribution in [0.3, 0.4) is 0 Å². The van der Waals surface area contributed by atoms with E-state index < -0.39 is 5.97 Å². The van der Waals surface area contributed by atoms with Crippen molar-refractivity contribution < 1.29 is 19.1 Å². The second-order valence-electron chi connectivity index (χ2n) is 4.33. The van der Waals surface area contributed by atoms with Gasteiger partial charge in [-0.25, -0.2) is 0 Å². The molecule has 0 aromatic heterocycles. The van der Waals surface area contributed by atoms with E-state index in [0.29, 0.717) is 13.2 Å². The van der Waals surface area contributed by atoms with E-state index >= 15 is 0 Å². The molecule has 0 N–H and O–H groups in total. The first kappa shape index (κ1) is 16.8. The van der Waals surface area contributed by atoms with E-state index in [1.807, 2.05) is 31.2 Å². The van der Waals surface area contributed by atoms with Crippen molar-refractivity contribution in [3.05, 3.63) is 35.9 Å². The number of benzene rings is 1. The van der Waals surface area contributed by atoms with Gasteiger partial charge in [0.05, 0.1) is 13.2 Å². The number of carbonyl (C=O) groups excluding carboxylic acids is 2. The van der Waals surface area contributed by atoms with E-state index in [0.717, 1.165) is 11.3 Å². The molecule has 1 aromatic rings. The fourth-order valence-electron chi connectivity index (χ4n) is 1.61. The highest BCUT2D eigenvalue weighted by molar-refractivity contribution is 5.93. The maximum Gasteiger partial charge on any atom is 0.325 e. The maximum absolute atomic E-state index is 11.8. The first-order chi connectivity index (χ1) is 10.1. The van der Waals surface area contributed by atoms with Gasteiger partial charge in [-0.05, 0) is 37.6 Å². The number of amides is 1. The minimum absolute atomic E-state index is 0.0553. The van der Waals surface area contributed by atoms with Crippen LogP contribution in [-0.2, 0) is 14.3 Å². The second-order valence-corrected chi connectivity index (χ2v) is 4.33. The molecule has 0 heterocycles. The van der Waals surface area contributed by atoms with Gasteiger partial charge in [-0.15, -0.1) is 0 Å². The Morgan fingerprint density at radius 1 is 1.14 bits per heavy atom. The van der Waals surface area contributed by atoms with E-state index in [2.05, 4.69) is 0 Å². The van der Waals surface area contributed by atoms with Crippen LogP contribution >= 0.6 is 0 Å². The van der Waals surface area contributed by atoms with Crippen LogP contribution in [0.5, 0.6) is 5.75 Å². The first-order valence-electron chi connectivity index (χ1n) is 6.88. The van der Waals surface area contributed by atoms with Crippen LogP contribution in [0.4, 0.5) is 0 Å². The molecule has 0 unspecified atom stereocenters. The van der Waals surface area contributed by atoms with Crippen molar-refractivity contribution in [2.24, 2.45) is 0 Å². The van der Waals surface area contributed by atoms with E-state index in [9.17, 15) is 9.59 Å². The molecule has 5 nitrogen and oxygen atoms in total. The summed E-state index contributed by atoms with van der Waals surface area (Å²) in [6.45, 7) is 4.52. The lowest BCUT2D eigenvalue weighted by atomic mass is 10.2. The van der Waals surface area contributed by atoms with Crippen molar-refractivity contribution >= 4 is 18.0 Å². The lowest BCUT2D eigenvalue weighted by molar-refractivity contribution is -0.146. The van der Waals surface area contributed by atoms with Gasteiger partial charge in [0.15, 0.2) is 0 Å². The Hall–Kier alpha value is -2.30. The molecule has 0 bridgehead atoms. The largest absolute Gasteiger partial charge is 0.494 e. The number of nitrogens with zero attached hydrogens (tertiary/aromatic N) is 1. The molecule has 0 spiro atoms. The number of ether oxygens (including phenoxy) is 2. The van der Waals surface area contributed by atoms with Crippen LogP contribution < -0.4 is 4.74 Å². The van der Waals surface area contributed by atoms with Gasteiger partial charge in [0.25, 0.3) is 0 Å². The highest BCUT2D eigenvalue weighted by atomic mass is 16.5. The molecule has 1 rings (SSSR count). The molecule has 0 saturated carbocycles. The molecule has 0 aliphatic rings. The third-order valence-corrected chi connectivity index (χ3v) is 2.66. The van der Waals surface area contributed by atoms with Crippen LogP contribution in [0.1, 0.15) is 19.4 Å². The first-order valence-corrected chi connectivity index (χ1v) is 6.88. The number of rotatable bonds is 7. The highest BCUT2D eigenvalue weighted by Crippen LogP contribution is 2.13. The Balaban J connectivity index is 2.54. The summed E-state index contributed by atoms with van der Waals surface area (Å²) in [6.07, 6.45) is 3.12. The minimum Gasteiger partial charge on any atom is -0.494 e. The van der Waals surface area contributed by atoms with E-state index in [1.165, 1.54) is 11.0 Å². The Labute approximate surface area is 125 Å². The molecule has 0 fully saturated rings. The average Bonchev–Trinajstić information content (AvgIpc) is 2.46. The summed E-state index contributed by atoms with van der Waals surface area (Å²) in [4.78, 5) is 24.4.